The highest BCUT2D eigenvalue weighted by atomic mass is 15.4. The maximum absolute atomic E-state index is 4.58. The smallest absolute Gasteiger partial charge is 0.131 e. The summed E-state index contributed by atoms with van der Waals surface area (Å²) in [4.78, 5) is 4.82. The van der Waals surface area contributed by atoms with E-state index >= 15 is 0 Å². The van der Waals surface area contributed by atoms with Crippen molar-refractivity contribution in [1.29, 1.82) is 0 Å². The number of aryl methyl sites for hydroxylation is 2. The van der Waals surface area contributed by atoms with E-state index in [1.54, 1.807) is 0 Å². The molecule has 20 heavy (non-hydrogen) atoms. The fourth-order valence-electron chi connectivity index (χ4n) is 3.27. The van der Waals surface area contributed by atoms with Crippen LogP contribution >= 0.6 is 0 Å². The van der Waals surface area contributed by atoms with E-state index in [1.807, 2.05) is 18.8 Å². The summed E-state index contributed by atoms with van der Waals surface area (Å²) in [5.41, 5.74) is 2.46. The fourth-order valence-corrected chi connectivity index (χ4v) is 3.27. The third kappa shape index (κ3) is 3.33. The van der Waals surface area contributed by atoms with Gasteiger partial charge in [-0.2, -0.15) is 5.10 Å². The molecule has 1 saturated heterocycles. The van der Waals surface area contributed by atoms with Gasteiger partial charge in [0.25, 0.3) is 0 Å². The van der Waals surface area contributed by atoms with Crippen LogP contribution in [0.2, 0.25) is 0 Å². The van der Waals surface area contributed by atoms with Gasteiger partial charge < -0.3 is 15.1 Å². The van der Waals surface area contributed by atoms with Crippen molar-refractivity contribution < 1.29 is 0 Å². The summed E-state index contributed by atoms with van der Waals surface area (Å²) in [6, 6.07) is 0. The molecule has 2 heterocycles. The van der Waals surface area contributed by atoms with Crippen LogP contribution in [0.5, 0.6) is 0 Å². The average Bonchev–Trinajstić information content (AvgIpc) is 2.68. The predicted molar refractivity (Wildman–Crippen MR) is 84.2 cm³/mol. The highest BCUT2D eigenvalue weighted by Gasteiger charge is 2.22. The monoisotopic (exact) mass is 279 g/mol. The maximum Gasteiger partial charge on any atom is 0.131 e. The summed E-state index contributed by atoms with van der Waals surface area (Å²) in [5, 5.41) is 7.84. The molecule has 1 aromatic heterocycles. The zero-order chi connectivity index (χ0) is 14.7. The molecule has 1 N–H and O–H groups in total. The molecule has 0 radical (unpaired) electrons. The van der Waals surface area contributed by atoms with Crippen LogP contribution in [0.15, 0.2) is 0 Å². The van der Waals surface area contributed by atoms with Gasteiger partial charge in [0.2, 0.25) is 0 Å². The van der Waals surface area contributed by atoms with Crippen LogP contribution in [0.3, 0.4) is 0 Å². The molecule has 0 saturated carbocycles. The lowest BCUT2D eigenvalue weighted by atomic mass is 9.96. The molecule has 0 bridgehead atoms. The van der Waals surface area contributed by atoms with Crippen molar-refractivity contribution in [1.82, 2.24) is 20.0 Å². The fraction of sp³-hybridized carbons (Fsp3) is 0.800. The van der Waals surface area contributed by atoms with Gasteiger partial charge in [-0.3, -0.25) is 4.68 Å². The molecule has 5 nitrogen and oxygen atoms in total. The third-order valence-corrected chi connectivity index (χ3v) is 4.40. The van der Waals surface area contributed by atoms with Crippen molar-refractivity contribution in [3.05, 3.63) is 11.3 Å². The minimum Gasteiger partial charge on any atom is -0.359 e. The number of rotatable bonds is 5. The normalized spacial score (nSPS) is 17.6. The van der Waals surface area contributed by atoms with E-state index in [2.05, 4.69) is 41.2 Å². The molecule has 1 aromatic rings. The average molecular weight is 279 g/mol. The van der Waals surface area contributed by atoms with E-state index < -0.39 is 0 Å². The summed E-state index contributed by atoms with van der Waals surface area (Å²) in [6.45, 7) is 6.56. The molecule has 1 aliphatic rings. The van der Waals surface area contributed by atoms with Gasteiger partial charge >= 0.3 is 0 Å². The minimum absolute atomic E-state index is 0.800. The molecule has 0 aliphatic carbocycles. The van der Waals surface area contributed by atoms with E-state index in [4.69, 9.17) is 0 Å². The lowest BCUT2D eigenvalue weighted by Crippen LogP contribution is -2.36. The Kier molecular flexibility index (Phi) is 5.05. The Morgan fingerprint density at radius 2 is 1.95 bits per heavy atom. The van der Waals surface area contributed by atoms with Crippen molar-refractivity contribution in [3.63, 3.8) is 0 Å². The van der Waals surface area contributed by atoms with Crippen LogP contribution in [-0.4, -0.2) is 55.5 Å². The first kappa shape index (κ1) is 15.3. The third-order valence-electron chi connectivity index (χ3n) is 4.40. The molecular weight excluding hydrogens is 250 g/mol. The Morgan fingerprint density at radius 1 is 1.30 bits per heavy atom. The number of nitrogens with zero attached hydrogens (tertiary/aromatic N) is 4. The standard InChI is InChI=1S/C15H29N5/c1-12-14(10-16-2)15(20(5)17-12)19(4)11-13-6-8-18(3)9-7-13/h13,16H,6-11H2,1-5H3. The molecular formula is C15H29N5. The van der Waals surface area contributed by atoms with E-state index in [-0.39, 0.29) is 0 Å². The number of anilines is 1. The van der Waals surface area contributed by atoms with Gasteiger partial charge in [-0.25, -0.2) is 0 Å². The number of likely N-dealkylation sites (tertiary alicyclic amines) is 1. The Bertz CT molecular complexity index is 432. The number of hydrogen-bond donors (Lipinski definition) is 1. The molecule has 0 spiro atoms. The van der Waals surface area contributed by atoms with E-state index in [0.717, 1.165) is 24.7 Å². The summed E-state index contributed by atoms with van der Waals surface area (Å²) in [7, 11) is 8.46. The van der Waals surface area contributed by atoms with Gasteiger partial charge in [0.15, 0.2) is 0 Å². The van der Waals surface area contributed by atoms with Crippen molar-refractivity contribution >= 4 is 5.82 Å². The molecule has 1 aliphatic heterocycles. The highest BCUT2D eigenvalue weighted by molar-refractivity contribution is 5.49. The van der Waals surface area contributed by atoms with Gasteiger partial charge in [0.05, 0.1) is 5.69 Å². The first-order valence-corrected chi connectivity index (χ1v) is 7.59. The van der Waals surface area contributed by atoms with Crippen molar-refractivity contribution in [2.75, 3.05) is 45.7 Å². The SMILES string of the molecule is CNCc1c(C)nn(C)c1N(C)CC1CCN(C)CC1. The Labute approximate surface area is 122 Å². The molecule has 0 aromatic carbocycles. The molecule has 1 fully saturated rings. The molecule has 114 valence electrons. The van der Waals surface area contributed by atoms with E-state index in [9.17, 15) is 0 Å². The lowest BCUT2D eigenvalue weighted by molar-refractivity contribution is 0.222. The predicted octanol–water partition coefficient (Wildman–Crippen LogP) is 1.23. The molecule has 2 rings (SSSR count). The van der Waals surface area contributed by atoms with Gasteiger partial charge in [-0.05, 0) is 52.9 Å². The van der Waals surface area contributed by atoms with Crippen LogP contribution < -0.4 is 10.2 Å². The van der Waals surface area contributed by atoms with Gasteiger partial charge in [-0.15, -0.1) is 0 Å². The van der Waals surface area contributed by atoms with E-state index in [0.29, 0.717) is 0 Å². The number of piperidine rings is 1. The largest absolute Gasteiger partial charge is 0.359 e. The van der Waals surface area contributed by atoms with Crippen LogP contribution in [0, 0.1) is 12.8 Å². The first-order valence-electron chi connectivity index (χ1n) is 7.59. The van der Waals surface area contributed by atoms with Crippen molar-refractivity contribution in [3.8, 4) is 0 Å². The zero-order valence-electron chi connectivity index (χ0n) is 13.6. The van der Waals surface area contributed by atoms with Gasteiger partial charge in [0, 0.05) is 32.7 Å². The topological polar surface area (TPSA) is 36.3 Å². The second-order valence-electron chi connectivity index (χ2n) is 6.17. The Hall–Kier alpha value is -1.07. The highest BCUT2D eigenvalue weighted by Crippen LogP contribution is 2.25. The quantitative estimate of drug-likeness (QED) is 0.879. The summed E-state index contributed by atoms with van der Waals surface area (Å²) in [6.07, 6.45) is 2.61. The Balaban J connectivity index is 2.06. The number of hydrogen-bond acceptors (Lipinski definition) is 4. The second kappa shape index (κ2) is 6.59. The number of aromatic nitrogens is 2. The summed E-state index contributed by atoms with van der Waals surface area (Å²) in [5.74, 6) is 2.06. The van der Waals surface area contributed by atoms with Crippen molar-refractivity contribution in [2.24, 2.45) is 13.0 Å². The van der Waals surface area contributed by atoms with Crippen molar-refractivity contribution in [2.45, 2.75) is 26.3 Å². The van der Waals surface area contributed by atoms with Crippen LogP contribution in [0.1, 0.15) is 24.1 Å². The number of nitrogens with one attached hydrogen (secondary N) is 1. The Morgan fingerprint density at radius 3 is 2.55 bits per heavy atom. The van der Waals surface area contributed by atoms with Gasteiger partial charge in [-0.1, -0.05) is 0 Å². The summed E-state index contributed by atoms with van der Waals surface area (Å²) < 4.78 is 2.02. The summed E-state index contributed by atoms with van der Waals surface area (Å²) >= 11 is 0. The first-order chi connectivity index (χ1) is 9.52. The minimum atomic E-state index is 0.800. The van der Waals surface area contributed by atoms with Crippen LogP contribution in [0.25, 0.3) is 0 Å². The molecule has 0 atom stereocenters. The zero-order valence-corrected chi connectivity index (χ0v) is 13.6. The maximum atomic E-state index is 4.58. The second-order valence-corrected chi connectivity index (χ2v) is 6.17. The van der Waals surface area contributed by atoms with E-state index in [1.165, 1.54) is 37.3 Å². The molecule has 5 heteroatoms. The van der Waals surface area contributed by atoms with Crippen LogP contribution in [0.4, 0.5) is 5.82 Å². The van der Waals surface area contributed by atoms with Gasteiger partial charge in [0.1, 0.15) is 5.82 Å². The lowest BCUT2D eigenvalue weighted by Gasteiger charge is -2.32. The molecule has 0 amide bonds. The molecule has 0 unspecified atom stereocenters. The van der Waals surface area contributed by atoms with Crippen LogP contribution in [-0.2, 0) is 13.6 Å².